The van der Waals surface area contributed by atoms with Gasteiger partial charge in [0.15, 0.2) is 11.0 Å². The highest BCUT2D eigenvalue weighted by Crippen LogP contribution is 2.30. The number of hydrogen-bond donors (Lipinski definition) is 2. The van der Waals surface area contributed by atoms with Gasteiger partial charge in [-0.2, -0.15) is 0 Å². The van der Waals surface area contributed by atoms with Gasteiger partial charge in [-0.3, -0.25) is 9.36 Å². The molecule has 144 valence electrons. The molecule has 2 aromatic carbocycles. The van der Waals surface area contributed by atoms with Gasteiger partial charge in [0.25, 0.3) is 0 Å². The van der Waals surface area contributed by atoms with Crippen LogP contribution in [-0.2, 0) is 11.3 Å². The van der Waals surface area contributed by atoms with Crippen LogP contribution in [0.1, 0.15) is 0 Å². The van der Waals surface area contributed by atoms with Gasteiger partial charge in [-0.25, -0.2) is 0 Å². The second-order valence-electron chi connectivity index (χ2n) is 5.68. The summed E-state index contributed by atoms with van der Waals surface area (Å²) in [5, 5.41) is 22.2. The van der Waals surface area contributed by atoms with Crippen molar-refractivity contribution in [1.82, 2.24) is 14.8 Å². The van der Waals surface area contributed by atoms with E-state index < -0.39 is 0 Å². The number of benzene rings is 2. The van der Waals surface area contributed by atoms with Crippen molar-refractivity contribution in [3.8, 4) is 17.1 Å². The molecule has 6 nitrogen and oxygen atoms in total. The smallest absolute Gasteiger partial charge is 0.234 e. The standard InChI is InChI=1S/C19H16BrClN4O2S/c1-2-9-25-18(13-5-3-4-6-16(13)26)23-24-19(25)28-11-17(27)22-15-8-7-12(20)10-14(15)21/h2-8,10,26H,1,9,11H2,(H,22,27). The predicted octanol–water partition coefficient (Wildman–Crippen LogP) is 4.98. The Kier molecular flexibility index (Phi) is 6.77. The maximum Gasteiger partial charge on any atom is 0.234 e. The van der Waals surface area contributed by atoms with Gasteiger partial charge in [0.1, 0.15) is 5.75 Å². The average Bonchev–Trinajstić information content (AvgIpc) is 3.06. The molecule has 9 heteroatoms. The van der Waals surface area contributed by atoms with Crippen molar-refractivity contribution in [2.24, 2.45) is 0 Å². The number of aromatic hydroxyl groups is 1. The van der Waals surface area contributed by atoms with Crippen molar-refractivity contribution in [3.05, 3.63) is 64.6 Å². The number of carbonyl (C=O) groups excluding carboxylic acids is 1. The van der Waals surface area contributed by atoms with Crippen LogP contribution in [0.3, 0.4) is 0 Å². The van der Waals surface area contributed by atoms with Crippen LogP contribution in [0.4, 0.5) is 5.69 Å². The number of anilines is 1. The lowest BCUT2D eigenvalue weighted by Gasteiger charge is -2.09. The molecule has 1 amide bonds. The van der Waals surface area contributed by atoms with Gasteiger partial charge in [0, 0.05) is 11.0 Å². The van der Waals surface area contributed by atoms with Crippen LogP contribution in [0.5, 0.6) is 5.75 Å². The van der Waals surface area contributed by atoms with E-state index in [0.717, 1.165) is 4.47 Å². The molecule has 0 aliphatic heterocycles. The molecule has 3 aromatic rings. The number of allylic oxidation sites excluding steroid dienone is 1. The van der Waals surface area contributed by atoms with E-state index >= 15 is 0 Å². The number of rotatable bonds is 7. The van der Waals surface area contributed by atoms with E-state index in [0.29, 0.717) is 33.8 Å². The van der Waals surface area contributed by atoms with Crippen LogP contribution in [0.25, 0.3) is 11.4 Å². The molecule has 28 heavy (non-hydrogen) atoms. The van der Waals surface area contributed by atoms with E-state index in [1.807, 2.05) is 6.07 Å². The molecule has 0 fully saturated rings. The van der Waals surface area contributed by atoms with Gasteiger partial charge < -0.3 is 10.4 Å². The maximum absolute atomic E-state index is 12.3. The second-order valence-corrected chi connectivity index (χ2v) is 7.95. The van der Waals surface area contributed by atoms with Crippen LogP contribution >= 0.6 is 39.3 Å². The van der Waals surface area contributed by atoms with Crippen molar-refractivity contribution >= 4 is 50.9 Å². The topological polar surface area (TPSA) is 80.0 Å². The van der Waals surface area contributed by atoms with Gasteiger partial charge >= 0.3 is 0 Å². The van der Waals surface area contributed by atoms with Gasteiger partial charge in [0.2, 0.25) is 5.91 Å². The van der Waals surface area contributed by atoms with Crippen LogP contribution < -0.4 is 5.32 Å². The van der Waals surface area contributed by atoms with Gasteiger partial charge in [-0.1, -0.05) is 57.5 Å². The zero-order chi connectivity index (χ0) is 20.1. The summed E-state index contributed by atoms with van der Waals surface area (Å²) in [5.41, 5.74) is 1.10. The summed E-state index contributed by atoms with van der Waals surface area (Å²) < 4.78 is 2.63. The first-order valence-corrected chi connectivity index (χ1v) is 10.4. The third-order valence-corrected chi connectivity index (χ3v) is 5.48. The molecular formula is C19H16BrClN4O2S. The number of carbonyl (C=O) groups is 1. The fourth-order valence-corrected chi connectivity index (χ4v) is 3.93. The van der Waals surface area contributed by atoms with Crippen molar-refractivity contribution in [2.75, 3.05) is 11.1 Å². The zero-order valence-electron chi connectivity index (χ0n) is 14.6. The minimum Gasteiger partial charge on any atom is -0.507 e. The van der Waals surface area contributed by atoms with Crippen LogP contribution in [0.15, 0.2) is 64.7 Å². The summed E-state index contributed by atoms with van der Waals surface area (Å²) in [5.74, 6) is 0.533. The molecule has 3 rings (SSSR count). The number of halogens is 2. The molecule has 0 atom stereocenters. The number of amides is 1. The van der Waals surface area contributed by atoms with Crippen LogP contribution in [-0.4, -0.2) is 31.5 Å². The average molecular weight is 480 g/mol. The van der Waals surface area contributed by atoms with E-state index in [-0.39, 0.29) is 17.4 Å². The lowest BCUT2D eigenvalue weighted by atomic mass is 10.2. The number of phenols is 1. The summed E-state index contributed by atoms with van der Waals surface area (Å²) in [6.45, 7) is 4.20. The Morgan fingerprint density at radius 2 is 2.11 bits per heavy atom. The van der Waals surface area contributed by atoms with Crippen molar-refractivity contribution in [1.29, 1.82) is 0 Å². The highest BCUT2D eigenvalue weighted by molar-refractivity contribution is 9.10. The summed E-state index contributed by atoms with van der Waals surface area (Å²) in [6.07, 6.45) is 1.71. The predicted molar refractivity (Wildman–Crippen MR) is 116 cm³/mol. The third kappa shape index (κ3) is 4.76. The summed E-state index contributed by atoms with van der Waals surface area (Å²) in [4.78, 5) is 12.3. The zero-order valence-corrected chi connectivity index (χ0v) is 17.8. The van der Waals surface area contributed by atoms with Crippen LogP contribution in [0.2, 0.25) is 5.02 Å². The third-order valence-electron chi connectivity index (χ3n) is 3.71. The number of nitrogens with one attached hydrogen (secondary N) is 1. The Hall–Kier alpha value is -2.29. The molecule has 1 aromatic heterocycles. The van der Waals surface area contributed by atoms with E-state index in [9.17, 15) is 9.90 Å². The molecule has 0 unspecified atom stereocenters. The van der Waals surface area contributed by atoms with Crippen molar-refractivity contribution < 1.29 is 9.90 Å². The number of phenolic OH excluding ortho intramolecular Hbond substituents is 1. The molecule has 0 saturated heterocycles. The number of nitrogens with zero attached hydrogens (tertiary/aromatic N) is 3. The van der Waals surface area contributed by atoms with Crippen molar-refractivity contribution in [3.63, 3.8) is 0 Å². The Balaban J connectivity index is 1.74. The first-order valence-electron chi connectivity index (χ1n) is 8.19. The molecule has 0 aliphatic rings. The minimum atomic E-state index is -0.216. The molecule has 0 bridgehead atoms. The highest BCUT2D eigenvalue weighted by Gasteiger charge is 2.17. The second kappa shape index (κ2) is 9.27. The van der Waals surface area contributed by atoms with Gasteiger partial charge in [-0.05, 0) is 30.3 Å². The Morgan fingerprint density at radius 1 is 1.32 bits per heavy atom. The molecule has 0 spiro atoms. The molecular weight excluding hydrogens is 464 g/mol. The van der Waals surface area contributed by atoms with E-state index in [2.05, 4.69) is 38.0 Å². The molecule has 0 saturated carbocycles. The quantitative estimate of drug-likeness (QED) is 0.369. The monoisotopic (exact) mass is 478 g/mol. The fraction of sp³-hybridized carbons (Fsp3) is 0.105. The van der Waals surface area contributed by atoms with E-state index in [4.69, 9.17) is 11.6 Å². The Morgan fingerprint density at radius 3 is 2.82 bits per heavy atom. The number of para-hydroxylation sites is 1. The van der Waals surface area contributed by atoms with E-state index in [1.165, 1.54) is 11.8 Å². The number of thioether (sulfide) groups is 1. The number of aromatic nitrogens is 3. The Bertz CT molecular complexity index is 1020. The maximum atomic E-state index is 12.3. The lowest BCUT2D eigenvalue weighted by molar-refractivity contribution is -0.113. The van der Waals surface area contributed by atoms with Crippen LogP contribution in [0, 0.1) is 0 Å². The molecule has 2 N–H and O–H groups in total. The van der Waals surface area contributed by atoms with Gasteiger partial charge in [-0.15, -0.1) is 16.8 Å². The molecule has 0 radical (unpaired) electrons. The SMILES string of the molecule is C=CCn1c(SCC(=O)Nc2ccc(Br)cc2Cl)nnc1-c1ccccc1O. The summed E-state index contributed by atoms with van der Waals surface area (Å²) in [6, 6.07) is 12.1. The Labute approximate surface area is 179 Å². The normalized spacial score (nSPS) is 10.6. The summed E-state index contributed by atoms with van der Waals surface area (Å²) in [7, 11) is 0. The summed E-state index contributed by atoms with van der Waals surface area (Å²) >= 11 is 10.7. The number of hydrogen-bond acceptors (Lipinski definition) is 5. The lowest BCUT2D eigenvalue weighted by Crippen LogP contribution is -2.15. The molecule has 1 heterocycles. The van der Waals surface area contributed by atoms with Gasteiger partial charge in [0.05, 0.1) is 22.0 Å². The van der Waals surface area contributed by atoms with E-state index in [1.54, 1.807) is 47.0 Å². The van der Waals surface area contributed by atoms with Crippen molar-refractivity contribution in [2.45, 2.75) is 11.7 Å². The first-order chi connectivity index (χ1) is 13.5. The largest absolute Gasteiger partial charge is 0.507 e. The molecule has 0 aliphatic carbocycles. The minimum absolute atomic E-state index is 0.111. The highest BCUT2D eigenvalue weighted by atomic mass is 79.9. The first kappa shape index (κ1) is 20.4. The fourth-order valence-electron chi connectivity index (χ4n) is 2.46.